The molecule has 0 aliphatic carbocycles. The zero-order chi connectivity index (χ0) is 24.1. The molecule has 170 valence electrons. The van der Waals surface area contributed by atoms with Crippen molar-refractivity contribution in [3.8, 4) is 11.5 Å². The van der Waals surface area contributed by atoms with Crippen LogP contribution in [0.1, 0.15) is 22.3 Å². The van der Waals surface area contributed by atoms with Crippen LogP contribution in [0.25, 0.3) is 0 Å². The predicted molar refractivity (Wildman–Crippen MR) is 112 cm³/mol. The molecule has 0 fully saturated rings. The number of benzene rings is 1. The van der Waals surface area contributed by atoms with Crippen LogP contribution >= 0.6 is 27.5 Å². The zero-order valence-electron chi connectivity index (χ0n) is 16.0. The third-order valence-electron chi connectivity index (χ3n) is 4.85. The fourth-order valence-corrected chi connectivity index (χ4v) is 4.13. The molecule has 33 heavy (non-hydrogen) atoms. The highest BCUT2D eigenvalue weighted by atomic mass is 79.9. The van der Waals surface area contributed by atoms with Crippen LogP contribution in [0.15, 0.2) is 52.2 Å². The molecule has 1 unspecified atom stereocenters. The van der Waals surface area contributed by atoms with E-state index in [0.717, 1.165) is 21.2 Å². The number of amidine groups is 1. The van der Waals surface area contributed by atoms with Crippen molar-refractivity contribution < 1.29 is 32.2 Å². The van der Waals surface area contributed by atoms with Crippen LogP contribution in [-0.2, 0) is 10.3 Å². The molecule has 1 atom stereocenters. The predicted octanol–water partition coefficient (Wildman–Crippen LogP) is 4.78. The fourth-order valence-electron chi connectivity index (χ4n) is 3.59. The van der Waals surface area contributed by atoms with Crippen molar-refractivity contribution in [2.45, 2.75) is 11.7 Å². The van der Waals surface area contributed by atoms with Crippen LogP contribution in [0.5, 0.6) is 11.5 Å². The largest absolute Gasteiger partial charge is 0.490 e. The first-order valence-electron chi connectivity index (χ1n) is 8.90. The van der Waals surface area contributed by atoms with E-state index in [1.54, 1.807) is 30.6 Å². The Morgan fingerprint density at radius 2 is 1.88 bits per heavy atom. The van der Waals surface area contributed by atoms with Gasteiger partial charge in [0.05, 0.1) is 0 Å². The number of ether oxygens (including phenoxy) is 1. The monoisotopic (exact) mass is 544 g/mol. The molecule has 5 rings (SSSR count). The summed E-state index contributed by atoms with van der Waals surface area (Å²) in [4.78, 5) is 21.6. The molecular formula is C20H10BrClF4N4O3. The molecule has 0 bridgehead atoms. The standard InChI is InChI=1S/C18H9BrClFN4O.C2HF3O2/c19-8-1-2-13-10(5-8)18(11-6-14(20)24-16(21)15(11)26-13)12-7-23-4-3-9(12)17(22)25-18;3-2(4,5)1(6)7/h1-7H,(H2,22,25);(H,6,7). The molecule has 3 N–H and O–H groups in total. The highest BCUT2D eigenvalue weighted by Gasteiger charge is 2.50. The van der Waals surface area contributed by atoms with Gasteiger partial charge in [0.15, 0.2) is 5.75 Å². The molecule has 1 aromatic carbocycles. The summed E-state index contributed by atoms with van der Waals surface area (Å²) >= 11 is 9.54. The second-order valence-electron chi connectivity index (χ2n) is 6.79. The van der Waals surface area contributed by atoms with E-state index in [1.807, 2.05) is 12.1 Å². The third-order valence-corrected chi connectivity index (χ3v) is 5.54. The summed E-state index contributed by atoms with van der Waals surface area (Å²) in [5.41, 5.74) is 7.74. The van der Waals surface area contributed by atoms with Gasteiger partial charge in [-0.25, -0.2) is 14.8 Å². The maximum Gasteiger partial charge on any atom is 0.490 e. The van der Waals surface area contributed by atoms with E-state index in [2.05, 4.69) is 25.9 Å². The van der Waals surface area contributed by atoms with E-state index in [9.17, 15) is 17.6 Å². The number of carboxylic acids is 1. The molecule has 4 heterocycles. The number of nitrogens with two attached hydrogens (primary N) is 1. The summed E-state index contributed by atoms with van der Waals surface area (Å²) in [7, 11) is 0. The second-order valence-corrected chi connectivity index (χ2v) is 8.09. The number of hydrogen-bond donors (Lipinski definition) is 2. The highest BCUT2D eigenvalue weighted by molar-refractivity contribution is 9.10. The van der Waals surface area contributed by atoms with Gasteiger partial charge in [0.1, 0.15) is 22.3 Å². The number of aliphatic imine (C=N–C) groups is 1. The lowest BCUT2D eigenvalue weighted by molar-refractivity contribution is -0.192. The van der Waals surface area contributed by atoms with Crippen molar-refractivity contribution in [1.82, 2.24) is 9.97 Å². The van der Waals surface area contributed by atoms with Crippen molar-refractivity contribution in [3.05, 3.63) is 80.6 Å². The van der Waals surface area contributed by atoms with Crippen molar-refractivity contribution in [1.29, 1.82) is 0 Å². The number of carbonyl (C=O) groups is 1. The lowest BCUT2D eigenvalue weighted by Gasteiger charge is -2.35. The highest BCUT2D eigenvalue weighted by Crippen LogP contribution is 2.56. The second kappa shape index (κ2) is 7.96. The molecule has 0 radical (unpaired) electrons. The number of pyridine rings is 2. The summed E-state index contributed by atoms with van der Waals surface area (Å²) in [6.07, 6.45) is -1.76. The molecule has 2 aliphatic heterocycles. The van der Waals surface area contributed by atoms with Crippen LogP contribution in [0, 0.1) is 5.95 Å². The van der Waals surface area contributed by atoms with Gasteiger partial charge in [0.25, 0.3) is 5.95 Å². The summed E-state index contributed by atoms with van der Waals surface area (Å²) in [5, 5.41) is 7.13. The van der Waals surface area contributed by atoms with Crippen molar-refractivity contribution in [3.63, 3.8) is 0 Å². The van der Waals surface area contributed by atoms with Crippen LogP contribution in [0.2, 0.25) is 5.15 Å². The van der Waals surface area contributed by atoms with Crippen LogP contribution in [0.4, 0.5) is 17.6 Å². The zero-order valence-corrected chi connectivity index (χ0v) is 18.3. The van der Waals surface area contributed by atoms with Gasteiger partial charge in [-0.3, -0.25) is 4.98 Å². The van der Waals surface area contributed by atoms with Crippen LogP contribution < -0.4 is 10.5 Å². The van der Waals surface area contributed by atoms with Gasteiger partial charge < -0.3 is 15.6 Å². The summed E-state index contributed by atoms with van der Waals surface area (Å²) in [5.74, 6) is -2.76. The number of hydrogen-bond acceptors (Lipinski definition) is 6. The van der Waals surface area contributed by atoms with E-state index in [0.29, 0.717) is 17.1 Å². The summed E-state index contributed by atoms with van der Waals surface area (Å²) in [6.45, 7) is 0. The topological polar surface area (TPSA) is 111 Å². The van der Waals surface area contributed by atoms with E-state index in [-0.39, 0.29) is 10.9 Å². The number of rotatable bonds is 0. The first-order chi connectivity index (χ1) is 15.4. The van der Waals surface area contributed by atoms with E-state index >= 15 is 0 Å². The Hall–Kier alpha value is -3.25. The average molecular weight is 546 g/mol. The Bertz CT molecular complexity index is 1340. The molecule has 7 nitrogen and oxygen atoms in total. The van der Waals surface area contributed by atoms with Gasteiger partial charge in [0, 0.05) is 39.1 Å². The molecule has 2 aromatic heterocycles. The number of halogens is 6. The molecule has 3 aromatic rings. The number of fused-ring (bicyclic) bond motifs is 6. The number of nitrogens with zero attached hydrogens (tertiary/aromatic N) is 3. The maximum atomic E-state index is 14.6. The maximum absolute atomic E-state index is 14.6. The number of alkyl halides is 3. The van der Waals surface area contributed by atoms with Crippen molar-refractivity contribution >= 4 is 39.3 Å². The van der Waals surface area contributed by atoms with Crippen molar-refractivity contribution in [2.24, 2.45) is 10.7 Å². The molecule has 0 amide bonds. The number of carboxylic acid groups (broad SMARTS) is 1. The Morgan fingerprint density at radius 3 is 2.55 bits per heavy atom. The minimum atomic E-state index is -5.08. The van der Waals surface area contributed by atoms with Gasteiger partial charge in [0.2, 0.25) is 0 Å². The van der Waals surface area contributed by atoms with E-state index in [4.69, 9.17) is 37.0 Å². The number of aliphatic carboxylic acids is 1. The lowest BCUT2D eigenvalue weighted by Crippen LogP contribution is -2.30. The molecule has 13 heteroatoms. The van der Waals surface area contributed by atoms with E-state index in [1.165, 1.54) is 0 Å². The Kier molecular flexibility index (Phi) is 5.53. The Balaban J connectivity index is 0.000000325. The number of aromatic nitrogens is 2. The van der Waals surface area contributed by atoms with Gasteiger partial charge in [-0.1, -0.05) is 27.5 Å². The molecule has 2 aliphatic rings. The Labute approximate surface area is 196 Å². The van der Waals surface area contributed by atoms with Crippen molar-refractivity contribution in [2.75, 3.05) is 0 Å². The van der Waals surface area contributed by atoms with Gasteiger partial charge in [-0.05, 0) is 30.3 Å². The lowest BCUT2D eigenvalue weighted by atomic mass is 9.76. The normalized spacial score (nSPS) is 17.7. The minimum absolute atomic E-state index is 0.00813. The van der Waals surface area contributed by atoms with Gasteiger partial charge in [-0.15, -0.1) is 0 Å². The molecule has 1 spiro atoms. The van der Waals surface area contributed by atoms with E-state index < -0.39 is 23.6 Å². The summed E-state index contributed by atoms with van der Waals surface area (Å²) < 4.78 is 53.0. The average Bonchev–Trinajstić information content (AvgIpc) is 3.03. The third kappa shape index (κ3) is 3.78. The smallest absolute Gasteiger partial charge is 0.475 e. The Morgan fingerprint density at radius 1 is 1.18 bits per heavy atom. The first kappa shape index (κ1) is 22.9. The first-order valence-corrected chi connectivity index (χ1v) is 10.1. The molecule has 0 saturated carbocycles. The summed E-state index contributed by atoms with van der Waals surface area (Å²) in [6, 6.07) is 8.78. The van der Waals surface area contributed by atoms with Crippen LogP contribution in [0.3, 0.4) is 0 Å². The molecule has 0 saturated heterocycles. The SMILES string of the molecule is NC1=NC2(c3cc(Br)ccc3Oc3c2cc(Cl)nc3F)c2cnccc21.O=C(O)C(F)(F)F. The van der Waals surface area contributed by atoms with Crippen LogP contribution in [-0.4, -0.2) is 33.1 Å². The fraction of sp³-hybridized carbons (Fsp3) is 0.100. The quantitative estimate of drug-likeness (QED) is 0.311. The molecular weight excluding hydrogens is 536 g/mol. The minimum Gasteiger partial charge on any atom is -0.475 e. The van der Waals surface area contributed by atoms with Gasteiger partial charge >= 0.3 is 12.1 Å². The van der Waals surface area contributed by atoms with Gasteiger partial charge in [-0.2, -0.15) is 17.6 Å².